The maximum atomic E-state index is 8.90. The standard InChI is InChI=1S/C18H11BrCl2N2O/c19-13-9-12(3-1-2-8-24)16-15(10-13)17(21)23-18(22-16)11-4-6-14(20)7-5-11/h4-7,9-10,24H,2,8H2. The van der Waals surface area contributed by atoms with Crippen LogP contribution in [0.3, 0.4) is 0 Å². The fourth-order valence-corrected chi connectivity index (χ4v) is 3.01. The molecule has 0 fully saturated rings. The normalized spacial score (nSPS) is 10.5. The molecule has 2 aromatic carbocycles. The van der Waals surface area contributed by atoms with Crippen LogP contribution < -0.4 is 0 Å². The van der Waals surface area contributed by atoms with Crippen molar-refractivity contribution >= 4 is 50.0 Å². The molecule has 1 N–H and O–H groups in total. The van der Waals surface area contributed by atoms with Crippen LogP contribution in [0.2, 0.25) is 10.2 Å². The quantitative estimate of drug-likeness (QED) is 0.462. The Hall–Kier alpha value is -1.64. The van der Waals surface area contributed by atoms with Crippen molar-refractivity contribution in [2.75, 3.05) is 6.61 Å². The first-order chi connectivity index (χ1) is 11.6. The maximum absolute atomic E-state index is 8.90. The molecule has 0 amide bonds. The molecule has 1 aromatic heterocycles. The van der Waals surface area contributed by atoms with Crippen LogP contribution in [-0.4, -0.2) is 21.7 Å². The summed E-state index contributed by atoms with van der Waals surface area (Å²) in [5.41, 5.74) is 2.22. The second-order valence-electron chi connectivity index (χ2n) is 4.97. The molecule has 3 nitrogen and oxygen atoms in total. The SMILES string of the molecule is OCCC#Cc1cc(Br)cc2c(Cl)nc(-c3ccc(Cl)cc3)nc12. The van der Waals surface area contributed by atoms with Crippen LogP contribution in [0.4, 0.5) is 0 Å². The lowest BCUT2D eigenvalue weighted by Crippen LogP contribution is -1.94. The van der Waals surface area contributed by atoms with E-state index in [1.165, 1.54) is 0 Å². The van der Waals surface area contributed by atoms with Crippen LogP contribution in [0.1, 0.15) is 12.0 Å². The fourth-order valence-electron chi connectivity index (χ4n) is 2.20. The molecule has 120 valence electrons. The minimum atomic E-state index is 0.0186. The molecule has 0 atom stereocenters. The smallest absolute Gasteiger partial charge is 0.161 e. The number of rotatable bonds is 2. The number of hydrogen-bond acceptors (Lipinski definition) is 3. The molecular formula is C18H11BrCl2N2O. The van der Waals surface area contributed by atoms with Gasteiger partial charge in [-0.2, -0.15) is 0 Å². The highest BCUT2D eigenvalue weighted by Gasteiger charge is 2.12. The summed E-state index contributed by atoms with van der Waals surface area (Å²) in [4.78, 5) is 9.01. The van der Waals surface area contributed by atoms with Gasteiger partial charge in [0.2, 0.25) is 0 Å². The van der Waals surface area contributed by atoms with Gasteiger partial charge in [0.25, 0.3) is 0 Å². The summed E-state index contributed by atoms with van der Waals surface area (Å²) in [5, 5.41) is 10.6. The molecule has 24 heavy (non-hydrogen) atoms. The molecule has 6 heteroatoms. The molecule has 0 saturated carbocycles. The molecule has 0 bridgehead atoms. The highest BCUT2D eigenvalue weighted by molar-refractivity contribution is 9.10. The van der Waals surface area contributed by atoms with Crippen LogP contribution in [0.15, 0.2) is 40.9 Å². The van der Waals surface area contributed by atoms with E-state index in [0.29, 0.717) is 27.9 Å². The van der Waals surface area contributed by atoms with E-state index < -0.39 is 0 Å². The Labute approximate surface area is 157 Å². The number of aliphatic hydroxyl groups excluding tert-OH is 1. The number of nitrogens with zero attached hydrogens (tertiary/aromatic N) is 2. The third kappa shape index (κ3) is 3.71. The Morgan fingerprint density at radius 1 is 1.08 bits per heavy atom. The molecule has 0 aliphatic heterocycles. The van der Waals surface area contributed by atoms with Gasteiger partial charge in [-0.25, -0.2) is 9.97 Å². The van der Waals surface area contributed by atoms with Crippen molar-refractivity contribution in [3.05, 3.63) is 56.6 Å². The first-order valence-electron chi connectivity index (χ1n) is 7.11. The number of halogens is 3. The summed E-state index contributed by atoms with van der Waals surface area (Å²) in [5.74, 6) is 6.46. The molecule has 3 aromatic rings. The lowest BCUT2D eigenvalue weighted by Gasteiger charge is -2.07. The maximum Gasteiger partial charge on any atom is 0.161 e. The first-order valence-corrected chi connectivity index (χ1v) is 8.66. The summed E-state index contributed by atoms with van der Waals surface area (Å²) < 4.78 is 0.841. The van der Waals surface area contributed by atoms with Crippen LogP contribution >= 0.6 is 39.1 Å². The zero-order valence-corrected chi connectivity index (χ0v) is 15.5. The Morgan fingerprint density at radius 3 is 2.54 bits per heavy atom. The average Bonchev–Trinajstić information content (AvgIpc) is 2.56. The van der Waals surface area contributed by atoms with Crippen molar-refractivity contribution < 1.29 is 5.11 Å². The fraction of sp³-hybridized carbons (Fsp3) is 0.111. The lowest BCUT2D eigenvalue weighted by atomic mass is 10.1. The van der Waals surface area contributed by atoms with Gasteiger partial charge < -0.3 is 5.11 Å². The molecule has 3 rings (SSSR count). The number of hydrogen-bond donors (Lipinski definition) is 1. The van der Waals surface area contributed by atoms with Crippen molar-refractivity contribution in [3.8, 4) is 23.2 Å². The second-order valence-corrected chi connectivity index (χ2v) is 6.68. The molecule has 0 spiro atoms. The van der Waals surface area contributed by atoms with Gasteiger partial charge in [-0.05, 0) is 36.4 Å². The number of benzene rings is 2. The van der Waals surface area contributed by atoms with E-state index >= 15 is 0 Å². The monoisotopic (exact) mass is 420 g/mol. The van der Waals surface area contributed by atoms with Crippen molar-refractivity contribution in [1.82, 2.24) is 9.97 Å². The van der Waals surface area contributed by atoms with Gasteiger partial charge in [0, 0.05) is 26.9 Å². The van der Waals surface area contributed by atoms with Gasteiger partial charge in [-0.15, -0.1) is 0 Å². The van der Waals surface area contributed by atoms with E-state index in [1.54, 1.807) is 12.1 Å². The Kier molecular flexibility index (Phi) is 5.37. The zero-order chi connectivity index (χ0) is 17.1. The van der Waals surface area contributed by atoms with Crippen LogP contribution in [0.25, 0.3) is 22.3 Å². The van der Waals surface area contributed by atoms with Crippen LogP contribution in [0, 0.1) is 11.8 Å². The lowest BCUT2D eigenvalue weighted by molar-refractivity contribution is 0.305. The summed E-state index contributed by atoms with van der Waals surface area (Å²) >= 11 is 15.7. The highest BCUT2D eigenvalue weighted by Crippen LogP contribution is 2.30. The molecule has 1 heterocycles. The van der Waals surface area contributed by atoms with E-state index in [2.05, 4.69) is 37.7 Å². The van der Waals surface area contributed by atoms with Gasteiger partial charge in [0.1, 0.15) is 5.15 Å². The Morgan fingerprint density at radius 2 is 1.83 bits per heavy atom. The molecule has 0 aliphatic rings. The molecule has 0 aliphatic carbocycles. The van der Waals surface area contributed by atoms with Crippen LogP contribution in [0.5, 0.6) is 0 Å². The minimum absolute atomic E-state index is 0.0186. The summed E-state index contributed by atoms with van der Waals surface area (Å²) in [6, 6.07) is 11.0. The van der Waals surface area contributed by atoms with Gasteiger partial charge in [-0.3, -0.25) is 0 Å². The third-order valence-electron chi connectivity index (χ3n) is 3.28. The van der Waals surface area contributed by atoms with Gasteiger partial charge in [0.15, 0.2) is 5.82 Å². The largest absolute Gasteiger partial charge is 0.395 e. The average molecular weight is 422 g/mol. The minimum Gasteiger partial charge on any atom is -0.395 e. The van der Waals surface area contributed by atoms with E-state index in [1.807, 2.05) is 24.3 Å². The van der Waals surface area contributed by atoms with E-state index in [4.69, 9.17) is 28.3 Å². The summed E-state index contributed by atoms with van der Waals surface area (Å²) in [6.07, 6.45) is 0.400. The van der Waals surface area contributed by atoms with Crippen molar-refractivity contribution in [3.63, 3.8) is 0 Å². The van der Waals surface area contributed by atoms with Gasteiger partial charge in [-0.1, -0.05) is 51.0 Å². The molecule has 0 saturated heterocycles. The van der Waals surface area contributed by atoms with Crippen molar-refractivity contribution in [2.45, 2.75) is 6.42 Å². The summed E-state index contributed by atoms with van der Waals surface area (Å²) in [7, 11) is 0. The van der Waals surface area contributed by atoms with E-state index in [9.17, 15) is 0 Å². The van der Waals surface area contributed by atoms with E-state index in [0.717, 1.165) is 21.0 Å². The second kappa shape index (κ2) is 7.50. The van der Waals surface area contributed by atoms with E-state index in [-0.39, 0.29) is 6.61 Å². The predicted molar refractivity (Wildman–Crippen MR) is 101 cm³/mol. The Bertz CT molecular complexity index is 963. The van der Waals surface area contributed by atoms with Crippen LogP contribution in [-0.2, 0) is 0 Å². The van der Waals surface area contributed by atoms with Gasteiger partial charge in [0.05, 0.1) is 17.7 Å². The van der Waals surface area contributed by atoms with Crippen molar-refractivity contribution in [1.29, 1.82) is 0 Å². The number of aromatic nitrogens is 2. The van der Waals surface area contributed by atoms with Crippen molar-refractivity contribution in [2.24, 2.45) is 0 Å². The van der Waals surface area contributed by atoms with Gasteiger partial charge >= 0.3 is 0 Å². The summed E-state index contributed by atoms with van der Waals surface area (Å²) in [6.45, 7) is 0.0186. The Balaban J connectivity index is 2.22. The molecule has 0 unspecified atom stereocenters. The topological polar surface area (TPSA) is 46.0 Å². The highest BCUT2D eigenvalue weighted by atomic mass is 79.9. The molecule has 0 radical (unpaired) electrons. The molecular weight excluding hydrogens is 411 g/mol. The number of fused-ring (bicyclic) bond motifs is 1. The predicted octanol–water partition coefficient (Wildman–Crippen LogP) is 5.10. The first kappa shape index (κ1) is 17.2. The number of aliphatic hydroxyl groups is 1. The third-order valence-corrected chi connectivity index (χ3v) is 4.28. The zero-order valence-electron chi connectivity index (χ0n) is 12.4.